The highest BCUT2D eigenvalue weighted by molar-refractivity contribution is 7.99. The molecule has 1 N–H and O–H groups in total. The van der Waals surface area contributed by atoms with E-state index in [0.29, 0.717) is 32.6 Å². The molecule has 3 aromatic carbocycles. The van der Waals surface area contributed by atoms with Crippen molar-refractivity contribution in [2.24, 2.45) is 0 Å². The number of benzene rings is 3. The van der Waals surface area contributed by atoms with E-state index in [2.05, 4.69) is 15.3 Å². The van der Waals surface area contributed by atoms with E-state index < -0.39 is 0 Å². The summed E-state index contributed by atoms with van der Waals surface area (Å²) in [5.41, 5.74) is 2.65. The van der Waals surface area contributed by atoms with Gasteiger partial charge in [0.1, 0.15) is 11.5 Å². The number of amides is 1. The monoisotopic (exact) mass is 530 g/mol. The molecule has 0 aliphatic carbocycles. The van der Waals surface area contributed by atoms with Gasteiger partial charge in [0.25, 0.3) is 5.56 Å². The Labute approximate surface area is 220 Å². The summed E-state index contributed by atoms with van der Waals surface area (Å²) < 4.78 is 12.0. The molecule has 5 aromatic rings. The molecule has 0 bridgehead atoms. The van der Waals surface area contributed by atoms with Gasteiger partial charge in [-0.2, -0.15) is 0 Å². The molecular formula is C27H22N4O4S2. The first-order valence-corrected chi connectivity index (χ1v) is 13.1. The third kappa shape index (κ3) is 5.35. The molecule has 186 valence electrons. The molecule has 0 unspecified atom stereocenters. The Morgan fingerprint density at radius 3 is 2.54 bits per heavy atom. The molecule has 0 fully saturated rings. The number of hydrogen-bond acceptors (Lipinski definition) is 8. The SMILES string of the molecule is COc1ccc(-c2csc(NC(=O)CSc3nc4ccccc4c(=O)n3-c3cccc(OC)c3)n2)cc1. The first-order chi connectivity index (χ1) is 18.1. The average molecular weight is 531 g/mol. The highest BCUT2D eigenvalue weighted by atomic mass is 32.2. The van der Waals surface area contributed by atoms with Crippen molar-refractivity contribution in [1.29, 1.82) is 0 Å². The van der Waals surface area contributed by atoms with Crippen LogP contribution in [0, 0.1) is 0 Å². The maximum atomic E-state index is 13.4. The topological polar surface area (TPSA) is 95.3 Å². The highest BCUT2D eigenvalue weighted by Crippen LogP contribution is 2.27. The predicted molar refractivity (Wildman–Crippen MR) is 147 cm³/mol. The number of thioether (sulfide) groups is 1. The van der Waals surface area contributed by atoms with Crippen LogP contribution >= 0.6 is 23.1 Å². The molecule has 37 heavy (non-hydrogen) atoms. The van der Waals surface area contributed by atoms with Crippen LogP contribution in [0.2, 0.25) is 0 Å². The lowest BCUT2D eigenvalue weighted by molar-refractivity contribution is -0.113. The number of nitrogens with zero attached hydrogens (tertiary/aromatic N) is 3. The molecule has 0 atom stereocenters. The lowest BCUT2D eigenvalue weighted by atomic mass is 10.2. The minimum absolute atomic E-state index is 0.0478. The number of rotatable bonds is 8. The fourth-order valence-corrected chi connectivity index (χ4v) is 5.25. The van der Waals surface area contributed by atoms with E-state index in [1.54, 1.807) is 56.7 Å². The number of carbonyl (C=O) groups is 1. The number of para-hydroxylation sites is 1. The molecule has 5 rings (SSSR count). The van der Waals surface area contributed by atoms with Gasteiger partial charge in [0.2, 0.25) is 5.91 Å². The molecule has 8 nitrogen and oxygen atoms in total. The van der Waals surface area contributed by atoms with Crippen molar-refractivity contribution in [3.63, 3.8) is 0 Å². The van der Waals surface area contributed by atoms with Crippen molar-refractivity contribution < 1.29 is 14.3 Å². The third-order valence-electron chi connectivity index (χ3n) is 5.53. The first kappa shape index (κ1) is 24.5. The van der Waals surface area contributed by atoms with E-state index in [0.717, 1.165) is 17.0 Å². The van der Waals surface area contributed by atoms with Gasteiger partial charge >= 0.3 is 0 Å². The second kappa shape index (κ2) is 10.9. The van der Waals surface area contributed by atoms with Crippen LogP contribution < -0.4 is 20.3 Å². The van der Waals surface area contributed by atoms with Gasteiger partial charge in [-0.15, -0.1) is 11.3 Å². The zero-order valence-corrected chi connectivity index (χ0v) is 21.6. The summed E-state index contributed by atoms with van der Waals surface area (Å²) in [7, 11) is 3.19. The van der Waals surface area contributed by atoms with Gasteiger partial charge in [-0.3, -0.25) is 14.2 Å². The van der Waals surface area contributed by atoms with E-state index in [-0.39, 0.29) is 17.2 Å². The van der Waals surface area contributed by atoms with Crippen molar-refractivity contribution in [1.82, 2.24) is 14.5 Å². The van der Waals surface area contributed by atoms with Crippen LogP contribution in [0.25, 0.3) is 27.8 Å². The minimum Gasteiger partial charge on any atom is -0.497 e. The van der Waals surface area contributed by atoms with Crippen molar-refractivity contribution in [2.75, 3.05) is 25.3 Å². The van der Waals surface area contributed by atoms with Gasteiger partial charge in [-0.25, -0.2) is 9.97 Å². The summed E-state index contributed by atoms with van der Waals surface area (Å²) in [6, 6.07) is 21.9. The smallest absolute Gasteiger partial charge is 0.266 e. The van der Waals surface area contributed by atoms with Gasteiger partial charge in [-0.1, -0.05) is 30.0 Å². The van der Waals surface area contributed by atoms with E-state index >= 15 is 0 Å². The molecule has 10 heteroatoms. The standard InChI is InChI=1S/C27H22N4O4S2/c1-34-19-12-10-17(11-13-19)23-15-36-26(28-23)30-24(32)16-37-27-29-22-9-4-3-8-21(22)25(33)31(27)18-6-5-7-20(14-18)35-2/h3-15H,16H2,1-2H3,(H,28,30,32). The van der Waals surface area contributed by atoms with Crippen LogP contribution in [0.4, 0.5) is 5.13 Å². The Balaban J connectivity index is 1.37. The van der Waals surface area contributed by atoms with Crippen LogP contribution in [-0.2, 0) is 4.79 Å². The molecule has 0 saturated heterocycles. The van der Waals surface area contributed by atoms with E-state index in [9.17, 15) is 9.59 Å². The maximum Gasteiger partial charge on any atom is 0.266 e. The van der Waals surface area contributed by atoms with Gasteiger partial charge in [-0.05, 0) is 48.5 Å². The summed E-state index contributed by atoms with van der Waals surface area (Å²) in [5.74, 6) is 1.17. The molecule has 0 aliphatic heterocycles. The van der Waals surface area contributed by atoms with Gasteiger partial charge in [0.15, 0.2) is 10.3 Å². The lowest BCUT2D eigenvalue weighted by Gasteiger charge is -2.14. The molecule has 0 radical (unpaired) electrons. The number of hydrogen-bond donors (Lipinski definition) is 1. The number of ether oxygens (including phenoxy) is 2. The fraction of sp³-hybridized carbons (Fsp3) is 0.111. The van der Waals surface area contributed by atoms with Gasteiger partial charge < -0.3 is 14.8 Å². The van der Waals surface area contributed by atoms with E-state index in [1.807, 2.05) is 35.7 Å². The number of aromatic nitrogens is 3. The molecule has 0 saturated carbocycles. The van der Waals surface area contributed by atoms with E-state index in [1.165, 1.54) is 27.7 Å². The summed E-state index contributed by atoms with van der Waals surface area (Å²) in [4.78, 5) is 35.4. The number of fused-ring (bicyclic) bond motifs is 1. The van der Waals surface area contributed by atoms with Crippen LogP contribution in [0.1, 0.15) is 0 Å². The molecule has 2 heterocycles. The van der Waals surface area contributed by atoms with Crippen LogP contribution in [0.5, 0.6) is 11.5 Å². The predicted octanol–water partition coefficient (Wildman–Crippen LogP) is 5.26. The maximum absolute atomic E-state index is 13.4. The van der Waals surface area contributed by atoms with Crippen molar-refractivity contribution in [3.8, 4) is 28.4 Å². The lowest BCUT2D eigenvalue weighted by Crippen LogP contribution is -2.23. The van der Waals surface area contributed by atoms with Crippen molar-refractivity contribution in [2.45, 2.75) is 5.16 Å². The zero-order valence-electron chi connectivity index (χ0n) is 20.0. The average Bonchev–Trinajstić information content (AvgIpc) is 3.40. The number of anilines is 1. The zero-order chi connectivity index (χ0) is 25.8. The minimum atomic E-state index is -0.250. The molecule has 2 aromatic heterocycles. The number of methoxy groups -OCH3 is 2. The Kier molecular flexibility index (Phi) is 7.20. The third-order valence-corrected chi connectivity index (χ3v) is 7.22. The van der Waals surface area contributed by atoms with E-state index in [4.69, 9.17) is 9.47 Å². The Bertz CT molecular complexity index is 1630. The van der Waals surface area contributed by atoms with Crippen molar-refractivity contribution in [3.05, 3.63) is 88.5 Å². The Morgan fingerprint density at radius 2 is 1.76 bits per heavy atom. The van der Waals surface area contributed by atoms with Crippen LogP contribution in [-0.4, -0.2) is 40.4 Å². The second-order valence-electron chi connectivity index (χ2n) is 7.86. The number of carbonyl (C=O) groups excluding carboxylic acids is 1. The van der Waals surface area contributed by atoms with Crippen molar-refractivity contribution >= 4 is 45.0 Å². The Hall–Kier alpha value is -4.15. The van der Waals surface area contributed by atoms with Crippen LogP contribution in [0.15, 0.2) is 88.1 Å². The van der Waals surface area contributed by atoms with Gasteiger partial charge in [0, 0.05) is 17.0 Å². The first-order valence-electron chi connectivity index (χ1n) is 11.2. The summed E-state index contributed by atoms with van der Waals surface area (Å²) in [6.45, 7) is 0. The van der Waals surface area contributed by atoms with Crippen LogP contribution in [0.3, 0.4) is 0 Å². The molecule has 0 spiro atoms. The Morgan fingerprint density at radius 1 is 0.973 bits per heavy atom. The number of nitrogens with one attached hydrogen (secondary N) is 1. The molecule has 1 amide bonds. The summed E-state index contributed by atoms with van der Waals surface area (Å²) in [6.07, 6.45) is 0. The summed E-state index contributed by atoms with van der Waals surface area (Å²) in [5, 5.41) is 6.12. The largest absolute Gasteiger partial charge is 0.497 e. The normalized spacial score (nSPS) is 10.9. The molecule has 0 aliphatic rings. The quantitative estimate of drug-likeness (QED) is 0.216. The second-order valence-corrected chi connectivity index (χ2v) is 9.66. The summed E-state index contributed by atoms with van der Waals surface area (Å²) >= 11 is 2.53. The number of thiazole rings is 1. The van der Waals surface area contributed by atoms with Gasteiger partial charge in [0.05, 0.1) is 42.3 Å². The fourth-order valence-electron chi connectivity index (χ4n) is 3.70. The molecular weight excluding hydrogens is 508 g/mol. The highest BCUT2D eigenvalue weighted by Gasteiger charge is 2.16.